The van der Waals surface area contributed by atoms with Crippen molar-refractivity contribution < 1.29 is 84.9 Å². The average Bonchev–Trinajstić information content (AvgIpc) is 3.68. The van der Waals surface area contributed by atoms with E-state index in [4.69, 9.17) is 19.5 Å². The molecule has 1 aliphatic heterocycles. The number of aromatic nitrogens is 4. The molecule has 3 heterocycles. The van der Waals surface area contributed by atoms with Crippen LogP contribution in [0.3, 0.4) is 0 Å². The molecule has 1 aromatic carbocycles. The van der Waals surface area contributed by atoms with Crippen LogP contribution in [0, 0.1) is 11.2 Å². The maximum atomic E-state index is 13.0. The number of anilines is 1. The summed E-state index contributed by atoms with van der Waals surface area (Å²) in [6, 6.07) is 4.96. The number of aliphatic hydroxyl groups is 2. The Balaban J connectivity index is 1.23. The van der Waals surface area contributed by atoms with Gasteiger partial charge in [-0.2, -0.15) is 4.31 Å². The number of hydrogen-bond donors (Lipinski definition) is 9. The van der Waals surface area contributed by atoms with Crippen LogP contribution in [-0.2, 0) is 45.9 Å². The first-order valence-corrected chi connectivity index (χ1v) is 21.8. The van der Waals surface area contributed by atoms with Gasteiger partial charge in [-0.3, -0.25) is 32.5 Å². The highest BCUT2D eigenvalue weighted by Gasteiger charge is 2.50. The number of rotatable bonds is 20. The predicted molar refractivity (Wildman–Crippen MR) is 193 cm³/mol. The van der Waals surface area contributed by atoms with Crippen molar-refractivity contribution in [2.24, 2.45) is 5.41 Å². The molecule has 7 unspecified atom stereocenters. The van der Waals surface area contributed by atoms with Gasteiger partial charge in [-0.1, -0.05) is 25.6 Å². The van der Waals surface area contributed by atoms with Gasteiger partial charge < -0.3 is 50.9 Å². The van der Waals surface area contributed by atoms with Crippen LogP contribution >= 0.6 is 35.2 Å². The van der Waals surface area contributed by atoms with E-state index in [-0.39, 0.29) is 47.4 Å². The molecule has 2 aromatic heterocycles. The van der Waals surface area contributed by atoms with Crippen molar-refractivity contribution in [3.05, 3.63) is 48.3 Å². The number of nitrogens with one attached hydrogen (secondary N) is 2. The minimum atomic E-state index is -5.59. The molecule has 316 valence electrons. The topological polar surface area (TPSA) is 364 Å². The van der Waals surface area contributed by atoms with Crippen LogP contribution in [0.5, 0.6) is 0 Å². The van der Waals surface area contributed by atoms with Gasteiger partial charge in [0.05, 0.1) is 19.5 Å². The van der Waals surface area contributed by atoms with Crippen LogP contribution in [0.15, 0.2) is 36.9 Å². The lowest BCUT2D eigenvalue weighted by Crippen LogP contribution is -2.46. The maximum absolute atomic E-state index is 13.0. The van der Waals surface area contributed by atoms with Crippen LogP contribution in [0.2, 0.25) is 0 Å². The van der Waals surface area contributed by atoms with Gasteiger partial charge in [0.2, 0.25) is 16.9 Å². The number of phosphoric ester groups is 3. The molecule has 0 bridgehead atoms. The average molecular weight is 890 g/mol. The van der Waals surface area contributed by atoms with Gasteiger partial charge in [0.15, 0.2) is 17.7 Å². The van der Waals surface area contributed by atoms with E-state index in [2.05, 4.69) is 34.4 Å². The van der Waals surface area contributed by atoms with Crippen molar-refractivity contribution >= 4 is 69.1 Å². The van der Waals surface area contributed by atoms with Gasteiger partial charge in [-0.15, -0.1) is 0 Å². The Kier molecular flexibility index (Phi) is 15.6. The van der Waals surface area contributed by atoms with E-state index < -0.39 is 90.4 Å². The Bertz CT molecular complexity index is 2060. The van der Waals surface area contributed by atoms with Crippen molar-refractivity contribution in [2.75, 3.05) is 37.8 Å². The van der Waals surface area contributed by atoms with E-state index in [0.717, 1.165) is 41.1 Å². The quantitative estimate of drug-likeness (QED) is 0.0537. The molecular formula is C28H39FN7O17P3S. The van der Waals surface area contributed by atoms with Crippen molar-refractivity contribution in [3.8, 4) is 0 Å². The first kappa shape index (κ1) is 46.4. The number of thioether (sulfide) groups is 1. The number of nitrogen functional groups attached to an aromatic ring is 1. The van der Waals surface area contributed by atoms with Crippen LogP contribution in [-0.4, -0.2) is 123 Å². The summed E-state index contributed by atoms with van der Waals surface area (Å²) < 4.78 is 75.0. The molecule has 1 saturated heterocycles. The van der Waals surface area contributed by atoms with Crippen molar-refractivity contribution in [3.63, 3.8) is 0 Å². The molecule has 7 atom stereocenters. The number of carbonyl (C=O) groups is 3. The first-order chi connectivity index (χ1) is 26.5. The molecule has 4 rings (SSSR count). The number of fused-ring (bicyclic) bond motifs is 1. The lowest BCUT2D eigenvalue weighted by Gasteiger charge is -2.30. The van der Waals surface area contributed by atoms with E-state index in [1.807, 2.05) is 0 Å². The fraction of sp³-hybridized carbons (Fsp3) is 0.500. The van der Waals surface area contributed by atoms with Gasteiger partial charge in [0.1, 0.15) is 42.1 Å². The molecule has 1 aliphatic rings. The Morgan fingerprint density at radius 2 is 1.70 bits per heavy atom. The fourth-order valence-electron chi connectivity index (χ4n) is 4.94. The molecule has 0 saturated carbocycles. The fourth-order valence-corrected chi connectivity index (χ4v) is 8.46. The largest absolute Gasteiger partial charge is 0.481 e. The number of hydrogen-bond acceptors (Lipinski definition) is 18. The highest BCUT2D eigenvalue weighted by atomic mass is 32.2. The van der Waals surface area contributed by atoms with Crippen LogP contribution in [0.25, 0.3) is 11.2 Å². The SMILES string of the molecule is CC(C)(COP(=O)(O)OP(=O)(O)OCC1OC(n2cnc3c(N)ncnc32)C(O)C1OP(=O)(O)O)C(O)C(=O)NCCC(=O)NCCSC(=O)c1ccc(F)cc1. The number of halogens is 1. The molecule has 57 heavy (non-hydrogen) atoms. The minimum absolute atomic E-state index is 0.0221. The summed E-state index contributed by atoms with van der Waals surface area (Å²) in [7, 11) is -16.4. The van der Waals surface area contributed by atoms with E-state index in [1.165, 1.54) is 26.0 Å². The summed E-state index contributed by atoms with van der Waals surface area (Å²) in [4.78, 5) is 87.7. The van der Waals surface area contributed by atoms with E-state index in [0.29, 0.717) is 5.56 Å². The summed E-state index contributed by atoms with van der Waals surface area (Å²) >= 11 is 0.907. The van der Waals surface area contributed by atoms with E-state index in [1.54, 1.807) is 0 Å². The second kappa shape index (κ2) is 19.2. The van der Waals surface area contributed by atoms with Crippen LogP contribution in [0.1, 0.15) is 36.9 Å². The summed E-state index contributed by atoms with van der Waals surface area (Å²) in [5.74, 6) is -1.83. The number of ether oxygens (including phenoxy) is 1. The van der Waals surface area contributed by atoms with Gasteiger partial charge in [-0.05, 0) is 24.3 Å². The molecule has 1 fully saturated rings. The zero-order valence-corrected chi connectivity index (χ0v) is 33.3. The Labute approximate surface area is 326 Å². The number of carbonyl (C=O) groups excluding carboxylic acids is 3. The van der Waals surface area contributed by atoms with Gasteiger partial charge in [-0.25, -0.2) is 33.0 Å². The minimum Gasteiger partial charge on any atom is -0.386 e. The Morgan fingerprint density at radius 1 is 1.04 bits per heavy atom. The molecular weight excluding hydrogens is 850 g/mol. The Hall–Kier alpha value is -3.29. The van der Waals surface area contributed by atoms with Crippen LogP contribution < -0.4 is 16.4 Å². The lowest BCUT2D eigenvalue weighted by molar-refractivity contribution is -0.137. The summed E-state index contributed by atoms with van der Waals surface area (Å²) in [5, 5.41) is 26.0. The number of nitrogens with zero attached hydrogens (tertiary/aromatic N) is 4. The van der Waals surface area contributed by atoms with Crippen molar-refractivity contribution in [1.29, 1.82) is 0 Å². The van der Waals surface area contributed by atoms with Gasteiger partial charge >= 0.3 is 23.5 Å². The molecule has 0 aliphatic carbocycles. The Morgan fingerprint density at radius 3 is 2.37 bits per heavy atom. The molecule has 3 aromatic rings. The van der Waals surface area contributed by atoms with Gasteiger partial charge in [0, 0.05) is 36.2 Å². The first-order valence-electron chi connectivity index (χ1n) is 16.3. The number of aliphatic hydroxyl groups excluding tert-OH is 2. The second-order valence-corrected chi connectivity index (χ2v) is 18.0. The maximum Gasteiger partial charge on any atom is 0.481 e. The standard InChI is InChI=1S/C28H39FN7O17P3S/c1-28(2,22(39)25(40)32-8-7-18(37)31-9-10-57-27(41)15-3-5-16(29)6-4-15)12-50-56(47,48)53-55(45,46)49-11-17-21(52-54(42,43)44)20(38)26(51-17)36-14-35-19-23(30)33-13-34-24(19)36/h3-6,13-14,17,20-22,26,38-39H,7-12H2,1-2H3,(H,31,37)(H,32,40)(H,45,46)(H,47,48)(H2,30,33,34)(H2,42,43,44). The third-order valence-corrected chi connectivity index (χ3v) is 11.8. The molecule has 2 amide bonds. The number of phosphoric acid groups is 3. The van der Waals surface area contributed by atoms with Crippen molar-refractivity contribution in [1.82, 2.24) is 30.2 Å². The number of imidazole rings is 1. The molecule has 10 N–H and O–H groups in total. The normalized spacial score (nSPS) is 21.4. The number of benzene rings is 1. The highest BCUT2D eigenvalue weighted by Crippen LogP contribution is 2.61. The molecule has 24 nitrogen and oxygen atoms in total. The third kappa shape index (κ3) is 13.4. The molecule has 29 heteroatoms. The zero-order chi connectivity index (χ0) is 42.3. The van der Waals surface area contributed by atoms with Crippen LogP contribution in [0.4, 0.5) is 10.2 Å². The summed E-state index contributed by atoms with van der Waals surface area (Å²) in [6.07, 6.45) is -7.05. The monoisotopic (exact) mass is 889 g/mol. The summed E-state index contributed by atoms with van der Waals surface area (Å²) in [5.41, 5.74) is 4.51. The zero-order valence-electron chi connectivity index (χ0n) is 29.8. The van der Waals surface area contributed by atoms with Crippen molar-refractivity contribution in [2.45, 2.75) is 50.9 Å². The molecule has 0 spiro atoms. The number of nitrogens with two attached hydrogens (primary N) is 1. The summed E-state index contributed by atoms with van der Waals surface area (Å²) in [6.45, 7) is 0.273. The van der Waals surface area contributed by atoms with Gasteiger partial charge in [0.25, 0.3) is 0 Å². The molecule has 0 radical (unpaired) electrons. The predicted octanol–water partition coefficient (Wildman–Crippen LogP) is 0.118. The smallest absolute Gasteiger partial charge is 0.386 e. The number of amides is 2. The highest BCUT2D eigenvalue weighted by molar-refractivity contribution is 8.14. The lowest BCUT2D eigenvalue weighted by atomic mass is 9.87. The van der Waals surface area contributed by atoms with E-state index in [9.17, 15) is 62.3 Å². The second-order valence-electron chi connectivity index (χ2n) is 12.7. The van der Waals surface area contributed by atoms with E-state index >= 15 is 0 Å². The third-order valence-electron chi connectivity index (χ3n) is 7.81.